The first kappa shape index (κ1) is 22.4. The second-order valence-corrected chi connectivity index (χ2v) is 7.68. The number of hydrogen-bond acceptors (Lipinski definition) is 6. The van der Waals surface area contributed by atoms with E-state index in [2.05, 4.69) is 47.9 Å². The number of anilines is 1. The molecule has 0 aromatic carbocycles. The van der Waals surface area contributed by atoms with Gasteiger partial charge in [0.25, 0.3) is 0 Å². The average molecular weight is 555 g/mol. The van der Waals surface area contributed by atoms with Crippen molar-refractivity contribution in [3.05, 3.63) is 10.7 Å². The standard InChI is InChI=1S/C17H27BrN6O2.HI/c1-3-19-15(21-11-17(12-25)4-5-17)23-6-8-24(9-7-23)16-20-10-13(18)14(22-16)26-2;/h10,25H,3-9,11-12H2,1-2H3,(H,19,21);1H. The molecule has 0 atom stereocenters. The van der Waals surface area contributed by atoms with Crippen LogP contribution in [0.2, 0.25) is 0 Å². The third-order valence-corrected chi connectivity index (χ3v) is 5.49. The highest BCUT2D eigenvalue weighted by molar-refractivity contribution is 14.0. The molecular formula is C17H28BrIN6O2. The van der Waals surface area contributed by atoms with Gasteiger partial charge in [0.1, 0.15) is 0 Å². The molecule has 1 saturated carbocycles. The minimum absolute atomic E-state index is 0. The minimum Gasteiger partial charge on any atom is -0.480 e. The van der Waals surface area contributed by atoms with E-state index < -0.39 is 0 Å². The van der Waals surface area contributed by atoms with Gasteiger partial charge < -0.3 is 25.0 Å². The van der Waals surface area contributed by atoms with Crippen LogP contribution in [0.1, 0.15) is 19.8 Å². The van der Waals surface area contributed by atoms with Crippen molar-refractivity contribution in [2.45, 2.75) is 19.8 Å². The average Bonchev–Trinajstić information content (AvgIpc) is 3.46. The highest BCUT2D eigenvalue weighted by atomic mass is 127. The lowest BCUT2D eigenvalue weighted by Gasteiger charge is -2.36. The largest absolute Gasteiger partial charge is 0.480 e. The zero-order chi connectivity index (χ0) is 18.6. The van der Waals surface area contributed by atoms with Crippen LogP contribution >= 0.6 is 39.9 Å². The van der Waals surface area contributed by atoms with Gasteiger partial charge in [-0.05, 0) is 35.7 Å². The van der Waals surface area contributed by atoms with Gasteiger partial charge >= 0.3 is 0 Å². The van der Waals surface area contributed by atoms with Crippen LogP contribution in [0, 0.1) is 5.41 Å². The van der Waals surface area contributed by atoms with E-state index in [1.54, 1.807) is 13.3 Å². The molecule has 2 heterocycles. The van der Waals surface area contributed by atoms with Gasteiger partial charge in [0.15, 0.2) is 5.96 Å². The van der Waals surface area contributed by atoms with Crippen molar-refractivity contribution in [2.24, 2.45) is 10.4 Å². The molecule has 1 aromatic heterocycles. The molecule has 2 aliphatic rings. The molecule has 152 valence electrons. The van der Waals surface area contributed by atoms with Crippen LogP contribution in [-0.2, 0) is 0 Å². The van der Waals surface area contributed by atoms with Gasteiger partial charge in [-0.25, -0.2) is 4.98 Å². The van der Waals surface area contributed by atoms with Crippen molar-refractivity contribution in [1.82, 2.24) is 20.2 Å². The van der Waals surface area contributed by atoms with E-state index in [4.69, 9.17) is 9.73 Å². The lowest BCUT2D eigenvalue weighted by atomic mass is 10.1. The third kappa shape index (κ3) is 5.57. The molecule has 10 heteroatoms. The first-order chi connectivity index (χ1) is 12.6. The van der Waals surface area contributed by atoms with Crippen LogP contribution in [0.3, 0.4) is 0 Å². The number of aromatic nitrogens is 2. The van der Waals surface area contributed by atoms with Gasteiger partial charge in [-0.2, -0.15) is 4.98 Å². The molecule has 0 unspecified atom stereocenters. The second kappa shape index (κ2) is 10.1. The Kier molecular flexibility index (Phi) is 8.35. The summed E-state index contributed by atoms with van der Waals surface area (Å²) in [4.78, 5) is 18.1. The Balaban J connectivity index is 0.00000261. The number of halogens is 2. The molecule has 8 nitrogen and oxygen atoms in total. The van der Waals surface area contributed by atoms with E-state index in [0.29, 0.717) is 18.4 Å². The van der Waals surface area contributed by atoms with E-state index in [1.165, 1.54) is 0 Å². The number of aliphatic hydroxyl groups is 1. The number of hydrogen-bond donors (Lipinski definition) is 2. The van der Waals surface area contributed by atoms with E-state index in [-0.39, 0.29) is 36.0 Å². The lowest BCUT2D eigenvalue weighted by Crippen LogP contribution is -2.53. The predicted molar refractivity (Wildman–Crippen MR) is 120 cm³/mol. The zero-order valence-electron chi connectivity index (χ0n) is 15.8. The van der Waals surface area contributed by atoms with E-state index >= 15 is 0 Å². The number of nitrogens with zero attached hydrogens (tertiary/aromatic N) is 5. The Hall–Kier alpha value is -0.880. The summed E-state index contributed by atoms with van der Waals surface area (Å²) in [7, 11) is 1.60. The molecule has 1 saturated heterocycles. The maximum Gasteiger partial charge on any atom is 0.232 e. The van der Waals surface area contributed by atoms with Crippen LogP contribution in [0.15, 0.2) is 15.7 Å². The second-order valence-electron chi connectivity index (χ2n) is 6.83. The smallest absolute Gasteiger partial charge is 0.232 e. The van der Waals surface area contributed by atoms with E-state index in [0.717, 1.165) is 56.0 Å². The summed E-state index contributed by atoms with van der Waals surface area (Å²) < 4.78 is 6.02. The van der Waals surface area contributed by atoms with Crippen molar-refractivity contribution in [3.63, 3.8) is 0 Å². The van der Waals surface area contributed by atoms with E-state index in [1.807, 2.05) is 0 Å². The van der Waals surface area contributed by atoms with Gasteiger partial charge in [-0.1, -0.05) is 0 Å². The molecular weight excluding hydrogens is 527 g/mol. The fraction of sp³-hybridized carbons (Fsp3) is 0.706. The minimum atomic E-state index is 0. The third-order valence-electron chi connectivity index (χ3n) is 4.95. The topological polar surface area (TPSA) is 86.1 Å². The summed E-state index contributed by atoms with van der Waals surface area (Å²) in [6, 6.07) is 0. The van der Waals surface area contributed by atoms with Crippen LogP contribution in [0.5, 0.6) is 5.88 Å². The van der Waals surface area contributed by atoms with Gasteiger partial charge in [0, 0.05) is 38.1 Å². The molecule has 3 rings (SSSR count). The Morgan fingerprint density at radius 2 is 2.07 bits per heavy atom. The molecule has 2 fully saturated rings. The number of methoxy groups -OCH3 is 1. The summed E-state index contributed by atoms with van der Waals surface area (Å²) in [6.45, 7) is 7.16. The maximum atomic E-state index is 9.50. The van der Waals surface area contributed by atoms with Crippen molar-refractivity contribution in [1.29, 1.82) is 0 Å². The van der Waals surface area contributed by atoms with Gasteiger partial charge in [-0.3, -0.25) is 4.99 Å². The molecule has 2 N–H and O–H groups in total. The summed E-state index contributed by atoms with van der Waals surface area (Å²) >= 11 is 3.39. The Bertz CT molecular complexity index is 650. The quantitative estimate of drug-likeness (QED) is 0.314. The molecule has 1 aromatic rings. The van der Waals surface area contributed by atoms with E-state index in [9.17, 15) is 5.11 Å². The SMILES string of the molecule is CCNC(=NCC1(CO)CC1)N1CCN(c2ncc(Br)c(OC)n2)CC1.I. The van der Waals surface area contributed by atoms with Crippen molar-refractivity contribution >= 4 is 51.8 Å². The Labute approximate surface area is 185 Å². The highest BCUT2D eigenvalue weighted by Crippen LogP contribution is 2.45. The summed E-state index contributed by atoms with van der Waals surface area (Å²) in [5.74, 6) is 2.16. The number of ether oxygens (including phenoxy) is 1. The molecule has 1 aliphatic heterocycles. The van der Waals surface area contributed by atoms with Gasteiger partial charge in [0.2, 0.25) is 11.8 Å². The fourth-order valence-corrected chi connectivity index (χ4v) is 3.32. The molecule has 1 aliphatic carbocycles. The predicted octanol–water partition coefficient (Wildman–Crippen LogP) is 1.73. The van der Waals surface area contributed by atoms with Gasteiger partial charge in [0.05, 0.1) is 30.9 Å². The molecule has 0 bridgehead atoms. The summed E-state index contributed by atoms with van der Waals surface area (Å²) in [5.41, 5.74) is 0.0321. The van der Waals surface area contributed by atoms with Crippen LogP contribution < -0.4 is 15.0 Å². The molecule has 0 spiro atoms. The van der Waals surface area contributed by atoms with Crippen LogP contribution in [-0.4, -0.2) is 78.9 Å². The number of guanidine groups is 1. The summed E-state index contributed by atoms with van der Waals surface area (Å²) in [5, 5.41) is 12.9. The summed E-state index contributed by atoms with van der Waals surface area (Å²) in [6.07, 6.45) is 3.87. The first-order valence-corrected chi connectivity index (χ1v) is 9.86. The maximum absolute atomic E-state index is 9.50. The first-order valence-electron chi connectivity index (χ1n) is 9.06. The number of nitrogens with one attached hydrogen (secondary N) is 1. The van der Waals surface area contributed by atoms with Crippen LogP contribution in [0.4, 0.5) is 5.95 Å². The molecule has 0 amide bonds. The number of aliphatic imine (C=N–C) groups is 1. The molecule has 27 heavy (non-hydrogen) atoms. The Morgan fingerprint density at radius 3 is 2.63 bits per heavy atom. The normalized spacial score (nSPS) is 18.7. The Morgan fingerprint density at radius 1 is 1.37 bits per heavy atom. The van der Waals surface area contributed by atoms with Crippen molar-refractivity contribution in [3.8, 4) is 5.88 Å². The van der Waals surface area contributed by atoms with Crippen LogP contribution in [0.25, 0.3) is 0 Å². The monoisotopic (exact) mass is 554 g/mol. The zero-order valence-corrected chi connectivity index (χ0v) is 19.7. The van der Waals surface area contributed by atoms with Gasteiger partial charge in [-0.15, -0.1) is 24.0 Å². The highest BCUT2D eigenvalue weighted by Gasteiger charge is 2.42. The lowest BCUT2D eigenvalue weighted by molar-refractivity contribution is 0.216. The van der Waals surface area contributed by atoms with Crippen molar-refractivity contribution in [2.75, 3.05) is 57.9 Å². The number of aliphatic hydroxyl groups excluding tert-OH is 1. The molecule has 0 radical (unpaired) electrons. The number of rotatable bonds is 6. The van der Waals surface area contributed by atoms with Crippen molar-refractivity contribution < 1.29 is 9.84 Å². The number of piperazine rings is 1. The fourth-order valence-electron chi connectivity index (χ4n) is 2.97.